The third-order valence-electron chi connectivity index (χ3n) is 2.49. The Kier molecular flexibility index (Phi) is 4.36. The molecule has 2 aromatic carbocycles. The molecule has 0 aliphatic carbocycles. The third kappa shape index (κ3) is 3.69. The summed E-state index contributed by atoms with van der Waals surface area (Å²) in [5, 5.41) is 3.79. The summed E-state index contributed by atoms with van der Waals surface area (Å²) in [5.74, 6) is 5.38. The number of nitrogens with zero attached hydrogens (tertiary/aromatic N) is 1. The molecule has 0 amide bonds. The normalized spacial score (nSPS) is 10.8. The molecule has 0 aliphatic heterocycles. The molecule has 2 rings (SSSR count). The second kappa shape index (κ2) is 6.20. The van der Waals surface area contributed by atoms with E-state index in [0.717, 1.165) is 11.1 Å². The Morgan fingerprint density at radius 2 is 2.11 bits per heavy atom. The molecule has 0 bridgehead atoms. The summed E-state index contributed by atoms with van der Waals surface area (Å²) in [5.41, 5.74) is 1.56. The van der Waals surface area contributed by atoms with Gasteiger partial charge in [0.2, 0.25) is 0 Å². The van der Waals surface area contributed by atoms with Gasteiger partial charge in [0.1, 0.15) is 18.2 Å². The van der Waals surface area contributed by atoms with Gasteiger partial charge >= 0.3 is 0 Å². The SMILES string of the molecule is NN=Cc1cccc(OCc2ccc(F)cc2Cl)c1. The maximum absolute atomic E-state index is 12.9. The number of benzene rings is 2. The highest BCUT2D eigenvalue weighted by Gasteiger charge is 2.03. The van der Waals surface area contributed by atoms with Crippen LogP contribution < -0.4 is 10.6 Å². The Balaban J connectivity index is 2.07. The van der Waals surface area contributed by atoms with Crippen molar-refractivity contribution in [1.82, 2.24) is 0 Å². The van der Waals surface area contributed by atoms with Gasteiger partial charge in [-0.05, 0) is 29.8 Å². The zero-order valence-electron chi connectivity index (χ0n) is 10.0. The standard InChI is InChI=1S/C14H12ClFN2O/c15-14-7-12(16)5-4-11(14)9-19-13-3-1-2-10(6-13)8-18-17/h1-8H,9,17H2. The number of rotatable bonds is 4. The zero-order chi connectivity index (χ0) is 13.7. The molecule has 0 aliphatic rings. The number of ether oxygens (including phenoxy) is 1. The third-order valence-corrected chi connectivity index (χ3v) is 2.84. The van der Waals surface area contributed by atoms with Gasteiger partial charge in [-0.15, -0.1) is 0 Å². The van der Waals surface area contributed by atoms with Crippen molar-refractivity contribution in [2.45, 2.75) is 6.61 Å². The minimum absolute atomic E-state index is 0.266. The Morgan fingerprint density at radius 1 is 1.26 bits per heavy atom. The number of hydrogen-bond acceptors (Lipinski definition) is 3. The summed E-state index contributed by atoms with van der Waals surface area (Å²) < 4.78 is 18.5. The van der Waals surface area contributed by atoms with Gasteiger partial charge in [-0.25, -0.2) is 4.39 Å². The fourth-order valence-corrected chi connectivity index (χ4v) is 1.79. The first-order chi connectivity index (χ1) is 9.19. The molecule has 0 atom stereocenters. The largest absolute Gasteiger partial charge is 0.489 e. The monoisotopic (exact) mass is 278 g/mol. The average Bonchev–Trinajstić information content (AvgIpc) is 2.38. The molecule has 5 heteroatoms. The molecule has 3 nitrogen and oxygen atoms in total. The lowest BCUT2D eigenvalue weighted by atomic mass is 10.2. The number of halogens is 2. The minimum atomic E-state index is -0.366. The number of hydrogen-bond donors (Lipinski definition) is 1. The molecule has 0 fully saturated rings. The van der Waals surface area contributed by atoms with E-state index in [4.69, 9.17) is 22.2 Å². The molecule has 0 saturated carbocycles. The first kappa shape index (κ1) is 13.4. The van der Waals surface area contributed by atoms with Crippen molar-refractivity contribution >= 4 is 17.8 Å². The quantitative estimate of drug-likeness (QED) is 0.530. The van der Waals surface area contributed by atoms with Gasteiger partial charge in [-0.3, -0.25) is 0 Å². The molecule has 0 unspecified atom stereocenters. The van der Waals surface area contributed by atoms with E-state index in [9.17, 15) is 4.39 Å². The Bertz CT molecular complexity index is 602. The van der Waals surface area contributed by atoms with Crippen LogP contribution in [0, 0.1) is 5.82 Å². The van der Waals surface area contributed by atoms with Crippen molar-refractivity contribution in [2.75, 3.05) is 0 Å². The number of hydrazone groups is 1. The molecule has 0 radical (unpaired) electrons. The van der Waals surface area contributed by atoms with Gasteiger partial charge in [-0.1, -0.05) is 29.8 Å². The molecule has 2 aromatic rings. The summed E-state index contributed by atoms with van der Waals surface area (Å²) in [7, 11) is 0. The zero-order valence-corrected chi connectivity index (χ0v) is 10.8. The minimum Gasteiger partial charge on any atom is -0.489 e. The van der Waals surface area contributed by atoms with E-state index in [2.05, 4.69) is 5.10 Å². The Hall–Kier alpha value is -2.07. The van der Waals surface area contributed by atoms with E-state index in [0.29, 0.717) is 10.8 Å². The van der Waals surface area contributed by atoms with Crippen LogP contribution in [0.1, 0.15) is 11.1 Å². The Labute approximate surface area is 115 Å². The summed E-state index contributed by atoms with van der Waals surface area (Å²) in [6, 6.07) is 11.5. The van der Waals surface area contributed by atoms with Crippen LogP contribution in [0.25, 0.3) is 0 Å². The van der Waals surface area contributed by atoms with Crippen molar-refractivity contribution < 1.29 is 9.13 Å². The summed E-state index contributed by atoms with van der Waals surface area (Å²) in [6.45, 7) is 0.266. The van der Waals surface area contributed by atoms with E-state index < -0.39 is 0 Å². The van der Waals surface area contributed by atoms with Crippen LogP contribution in [0.3, 0.4) is 0 Å². The lowest BCUT2D eigenvalue weighted by Gasteiger charge is -2.08. The van der Waals surface area contributed by atoms with Gasteiger partial charge in [0.15, 0.2) is 0 Å². The summed E-state index contributed by atoms with van der Waals surface area (Å²) >= 11 is 5.92. The van der Waals surface area contributed by atoms with Crippen LogP contribution >= 0.6 is 11.6 Å². The second-order valence-corrected chi connectivity index (χ2v) is 4.28. The van der Waals surface area contributed by atoms with Gasteiger partial charge in [0.25, 0.3) is 0 Å². The molecular formula is C14H12ClFN2O. The van der Waals surface area contributed by atoms with Crippen LogP contribution in [0.5, 0.6) is 5.75 Å². The maximum atomic E-state index is 12.9. The molecule has 0 heterocycles. The topological polar surface area (TPSA) is 47.6 Å². The van der Waals surface area contributed by atoms with E-state index in [1.165, 1.54) is 18.3 Å². The van der Waals surface area contributed by atoms with Gasteiger partial charge < -0.3 is 10.6 Å². The van der Waals surface area contributed by atoms with Crippen molar-refractivity contribution in [3.8, 4) is 5.75 Å². The van der Waals surface area contributed by atoms with Crippen LogP contribution in [-0.4, -0.2) is 6.21 Å². The highest BCUT2D eigenvalue weighted by atomic mass is 35.5. The van der Waals surface area contributed by atoms with Crippen LogP contribution in [0.2, 0.25) is 5.02 Å². The second-order valence-electron chi connectivity index (χ2n) is 3.88. The molecule has 0 saturated heterocycles. The summed E-state index contributed by atoms with van der Waals surface area (Å²) in [4.78, 5) is 0. The Morgan fingerprint density at radius 3 is 2.84 bits per heavy atom. The van der Waals surface area contributed by atoms with E-state index in [1.54, 1.807) is 12.1 Å². The first-order valence-corrected chi connectivity index (χ1v) is 5.97. The summed E-state index contributed by atoms with van der Waals surface area (Å²) in [6.07, 6.45) is 1.53. The van der Waals surface area contributed by atoms with Crippen molar-refractivity contribution in [1.29, 1.82) is 0 Å². The maximum Gasteiger partial charge on any atom is 0.124 e. The fourth-order valence-electron chi connectivity index (χ4n) is 1.57. The van der Waals surface area contributed by atoms with Gasteiger partial charge in [0, 0.05) is 5.56 Å². The van der Waals surface area contributed by atoms with Crippen molar-refractivity contribution in [3.63, 3.8) is 0 Å². The molecule has 2 N–H and O–H groups in total. The van der Waals surface area contributed by atoms with E-state index in [1.807, 2.05) is 18.2 Å². The van der Waals surface area contributed by atoms with Gasteiger partial charge in [0.05, 0.1) is 11.2 Å². The lowest BCUT2D eigenvalue weighted by molar-refractivity contribution is 0.306. The molecule has 19 heavy (non-hydrogen) atoms. The molecule has 0 spiro atoms. The smallest absolute Gasteiger partial charge is 0.124 e. The van der Waals surface area contributed by atoms with Crippen LogP contribution in [0.4, 0.5) is 4.39 Å². The number of nitrogens with two attached hydrogens (primary N) is 1. The molecule has 98 valence electrons. The van der Waals surface area contributed by atoms with E-state index in [-0.39, 0.29) is 12.4 Å². The van der Waals surface area contributed by atoms with E-state index >= 15 is 0 Å². The van der Waals surface area contributed by atoms with Crippen LogP contribution in [0.15, 0.2) is 47.6 Å². The van der Waals surface area contributed by atoms with Crippen molar-refractivity contribution in [2.24, 2.45) is 10.9 Å². The first-order valence-electron chi connectivity index (χ1n) is 5.59. The predicted octanol–water partition coefficient (Wildman–Crippen LogP) is 3.35. The van der Waals surface area contributed by atoms with Gasteiger partial charge in [-0.2, -0.15) is 5.10 Å². The highest BCUT2D eigenvalue weighted by molar-refractivity contribution is 6.31. The molecule has 0 aromatic heterocycles. The lowest BCUT2D eigenvalue weighted by Crippen LogP contribution is -1.97. The molecular weight excluding hydrogens is 267 g/mol. The van der Waals surface area contributed by atoms with Crippen molar-refractivity contribution in [3.05, 3.63) is 64.4 Å². The van der Waals surface area contributed by atoms with Crippen LogP contribution in [-0.2, 0) is 6.61 Å². The predicted molar refractivity (Wildman–Crippen MR) is 74.0 cm³/mol. The average molecular weight is 279 g/mol. The fraction of sp³-hybridized carbons (Fsp3) is 0.0714. The highest BCUT2D eigenvalue weighted by Crippen LogP contribution is 2.20.